The molecule has 1 aliphatic heterocycles. The van der Waals surface area contributed by atoms with Gasteiger partial charge < -0.3 is 5.73 Å². The molecule has 2 atom stereocenters. The summed E-state index contributed by atoms with van der Waals surface area (Å²) < 4.78 is 0. The van der Waals surface area contributed by atoms with Crippen molar-refractivity contribution in [2.75, 3.05) is 13.1 Å². The van der Waals surface area contributed by atoms with Crippen LogP contribution >= 0.6 is 0 Å². The summed E-state index contributed by atoms with van der Waals surface area (Å²) in [6.45, 7) is 5.61. The molecule has 0 aromatic carbocycles. The predicted molar refractivity (Wildman–Crippen MR) is 95.7 cm³/mol. The highest BCUT2D eigenvalue weighted by molar-refractivity contribution is 5.59. The van der Waals surface area contributed by atoms with Crippen LogP contribution in [0.1, 0.15) is 25.3 Å². The van der Waals surface area contributed by atoms with Gasteiger partial charge in [0.15, 0.2) is 5.41 Å². The third-order valence-corrected chi connectivity index (χ3v) is 5.49. The topological polar surface area (TPSA) is 114 Å². The molecule has 0 radical (unpaired) electrons. The number of nitrogens with two attached hydrogens (primary N) is 1. The highest BCUT2D eigenvalue weighted by Gasteiger charge is 2.54. The van der Waals surface area contributed by atoms with Crippen molar-refractivity contribution >= 4 is 0 Å². The Morgan fingerprint density at radius 1 is 1.23 bits per heavy atom. The van der Waals surface area contributed by atoms with Gasteiger partial charge in [-0.2, -0.15) is 15.8 Å². The standard InChI is InChI=1S/C20H20N6/c1-13(2)26-8-5-15-16(9-21)19(24)20(11-22,12-23)18(17(15)10-26)14-3-6-25-7-4-14/h3-7,13,17-18H,8,10,24H2,1-2H3/t17-,18+/m0/s1. The molecule has 2 N–H and O–H groups in total. The number of rotatable bonds is 2. The maximum Gasteiger partial charge on any atom is 0.191 e. The van der Waals surface area contributed by atoms with Gasteiger partial charge in [0.05, 0.1) is 23.4 Å². The number of pyridine rings is 1. The second-order valence-corrected chi connectivity index (χ2v) is 7.00. The summed E-state index contributed by atoms with van der Waals surface area (Å²) >= 11 is 0. The molecule has 0 spiro atoms. The molecule has 0 fully saturated rings. The second kappa shape index (κ2) is 6.64. The third-order valence-electron chi connectivity index (χ3n) is 5.49. The molecule has 0 saturated carbocycles. The number of nitrogens with zero attached hydrogens (tertiary/aromatic N) is 5. The Morgan fingerprint density at radius 2 is 1.88 bits per heavy atom. The van der Waals surface area contributed by atoms with Gasteiger partial charge in [-0.15, -0.1) is 0 Å². The van der Waals surface area contributed by atoms with E-state index < -0.39 is 11.3 Å². The minimum atomic E-state index is -1.57. The summed E-state index contributed by atoms with van der Waals surface area (Å²) in [5, 5.41) is 29.6. The number of hydrogen-bond acceptors (Lipinski definition) is 6. The van der Waals surface area contributed by atoms with Gasteiger partial charge in [0.25, 0.3) is 0 Å². The molecular formula is C20H20N6. The molecule has 0 amide bonds. The van der Waals surface area contributed by atoms with Gasteiger partial charge in [0.1, 0.15) is 6.07 Å². The summed E-state index contributed by atoms with van der Waals surface area (Å²) in [5.41, 5.74) is 6.72. The number of allylic oxidation sites excluding steroid dienone is 2. The molecule has 130 valence electrons. The lowest BCUT2D eigenvalue weighted by molar-refractivity contribution is 0.174. The smallest absolute Gasteiger partial charge is 0.191 e. The number of fused-ring (bicyclic) bond motifs is 1. The van der Waals surface area contributed by atoms with E-state index in [-0.39, 0.29) is 17.2 Å². The Labute approximate surface area is 153 Å². The Balaban J connectivity index is 2.29. The molecule has 2 heterocycles. The highest BCUT2D eigenvalue weighted by Crippen LogP contribution is 2.54. The van der Waals surface area contributed by atoms with Crippen LogP contribution in [0.5, 0.6) is 0 Å². The van der Waals surface area contributed by atoms with Crippen LogP contribution in [0.25, 0.3) is 0 Å². The Hall–Kier alpha value is -3.14. The second-order valence-electron chi connectivity index (χ2n) is 7.00. The summed E-state index contributed by atoms with van der Waals surface area (Å²) in [7, 11) is 0. The van der Waals surface area contributed by atoms with E-state index in [1.807, 2.05) is 18.2 Å². The molecule has 0 bridgehead atoms. The first-order chi connectivity index (χ1) is 12.5. The lowest BCUT2D eigenvalue weighted by atomic mass is 9.58. The van der Waals surface area contributed by atoms with Crippen LogP contribution in [-0.4, -0.2) is 29.0 Å². The van der Waals surface area contributed by atoms with Gasteiger partial charge >= 0.3 is 0 Å². The Morgan fingerprint density at radius 3 is 2.42 bits per heavy atom. The third kappa shape index (κ3) is 2.46. The summed E-state index contributed by atoms with van der Waals surface area (Å²) in [6, 6.07) is 10.4. The normalized spacial score (nSPS) is 24.8. The molecule has 0 unspecified atom stereocenters. The Kier molecular flexibility index (Phi) is 4.51. The Bertz CT molecular complexity index is 877. The number of nitriles is 3. The average Bonchev–Trinajstić information content (AvgIpc) is 2.67. The van der Waals surface area contributed by atoms with Crippen LogP contribution in [0.2, 0.25) is 0 Å². The van der Waals surface area contributed by atoms with Gasteiger partial charge in [-0.1, -0.05) is 6.08 Å². The zero-order chi connectivity index (χ0) is 18.9. The van der Waals surface area contributed by atoms with Gasteiger partial charge in [0.2, 0.25) is 0 Å². The molecular weight excluding hydrogens is 324 g/mol. The van der Waals surface area contributed by atoms with Crippen molar-refractivity contribution in [3.8, 4) is 18.2 Å². The van der Waals surface area contributed by atoms with Gasteiger partial charge in [-0.3, -0.25) is 9.88 Å². The number of aromatic nitrogens is 1. The zero-order valence-electron chi connectivity index (χ0n) is 14.8. The molecule has 2 aliphatic rings. The van der Waals surface area contributed by atoms with E-state index in [1.54, 1.807) is 12.4 Å². The minimum absolute atomic E-state index is 0.0623. The summed E-state index contributed by atoms with van der Waals surface area (Å²) in [5.74, 6) is -0.611. The van der Waals surface area contributed by atoms with E-state index in [1.165, 1.54) is 0 Å². The fourth-order valence-corrected chi connectivity index (χ4v) is 4.07. The summed E-state index contributed by atoms with van der Waals surface area (Å²) in [6.07, 6.45) is 5.33. The van der Waals surface area contributed by atoms with Crippen LogP contribution in [0.3, 0.4) is 0 Å². The van der Waals surface area contributed by atoms with E-state index in [4.69, 9.17) is 5.73 Å². The molecule has 1 aromatic heterocycles. The first-order valence-corrected chi connectivity index (χ1v) is 8.57. The van der Waals surface area contributed by atoms with Crippen molar-refractivity contribution in [1.29, 1.82) is 15.8 Å². The molecule has 1 aliphatic carbocycles. The lowest BCUT2D eigenvalue weighted by Crippen LogP contribution is -2.49. The van der Waals surface area contributed by atoms with Crippen molar-refractivity contribution in [3.63, 3.8) is 0 Å². The fraction of sp³-hybridized carbons (Fsp3) is 0.400. The van der Waals surface area contributed by atoms with E-state index in [0.717, 1.165) is 17.7 Å². The first-order valence-electron chi connectivity index (χ1n) is 8.57. The maximum atomic E-state index is 9.98. The quantitative estimate of drug-likeness (QED) is 0.880. The van der Waals surface area contributed by atoms with Crippen LogP contribution in [-0.2, 0) is 0 Å². The van der Waals surface area contributed by atoms with E-state index >= 15 is 0 Å². The van der Waals surface area contributed by atoms with Crippen LogP contribution < -0.4 is 5.73 Å². The fourth-order valence-electron chi connectivity index (χ4n) is 4.07. The van der Waals surface area contributed by atoms with Crippen LogP contribution in [0, 0.1) is 45.3 Å². The van der Waals surface area contributed by atoms with Crippen LogP contribution in [0.4, 0.5) is 0 Å². The highest BCUT2D eigenvalue weighted by atomic mass is 15.2. The SMILES string of the molecule is CC(C)N1CC=C2C(C#N)=C(N)C(C#N)(C#N)[C@H](c3ccncc3)[C@H]2C1. The van der Waals surface area contributed by atoms with E-state index in [0.29, 0.717) is 12.6 Å². The van der Waals surface area contributed by atoms with Gasteiger partial charge in [0, 0.05) is 43.4 Å². The molecule has 3 rings (SSSR count). The molecule has 6 nitrogen and oxygen atoms in total. The van der Waals surface area contributed by atoms with E-state index in [2.05, 4.69) is 41.9 Å². The first kappa shape index (κ1) is 17.7. The van der Waals surface area contributed by atoms with Gasteiger partial charge in [-0.05, 0) is 37.1 Å². The summed E-state index contributed by atoms with van der Waals surface area (Å²) in [4.78, 5) is 6.33. The minimum Gasteiger partial charge on any atom is -0.399 e. The number of hydrogen-bond donors (Lipinski definition) is 1. The van der Waals surface area contributed by atoms with Crippen LogP contribution in [0.15, 0.2) is 47.4 Å². The van der Waals surface area contributed by atoms with Crippen molar-refractivity contribution < 1.29 is 0 Å². The molecule has 26 heavy (non-hydrogen) atoms. The van der Waals surface area contributed by atoms with Crippen molar-refractivity contribution in [3.05, 3.63) is 53.0 Å². The van der Waals surface area contributed by atoms with Gasteiger partial charge in [-0.25, -0.2) is 0 Å². The lowest BCUT2D eigenvalue weighted by Gasteiger charge is -2.46. The van der Waals surface area contributed by atoms with Crippen molar-refractivity contribution in [2.24, 2.45) is 17.1 Å². The zero-order valence-corrected chi connectivity index (χ0v) is 14.8. The largest absolute Gasteiger partial charge is 0.399 e. The van der Waals surface area contributed by atoms with E-state index in [9.17, 15) is 15.8 Å². The molecule has 6 heteroatoms. The molecule has 1 aromatic rings. The van der Waals surface area contributed by atoms with Crippen molar-refractivity contribution in [2.45, 2.75) is 25.8 Å². The monoisotopic (exact) mass is 344 g/mol. The average molecular weight is 344 g/mol. The maximum absolute atomic E-state index is 9.98. The van der Waals surface area contributed by atoms with Crippen molar-refractivity contribution in [1.82, 2.24) is 9.88 Å². The predicted octanol–water partition coefficient (Wildman–Crippen LogP) is 2.22. The molecule has 0 saturated heterocycles.